The molecule has 2 aromatic rings. The molecule has 0 saturated heterocycles. The molecule has 0 atom stereocenters. The zero-order valence-corrected chi connectivity index (χ0v) is 10.5. The predicted molar refractivity (Wildman–Crippen MR) is 69.8 cm³/mol. The fourth-order valence-corrected chi connectivity index (χ4v) is 1.57. The van der Waals surface area contributed by atoms with Crippen molar-refractivity contribution in [2.45, 2.75) is 13.8 Å². The monoisotopic (exact) mass is 259 g/mol. The molecule has 0 bridgehead atoms. The highest BCUT2D eigenvalue weighted by Gasteiger charge is 2.13. The first-order valence-corrected chi connectivity index (χ1v) is 5.62. The van der Waals surface area contributed by atoms with E-state index in [2.05, 4.69) is 26.0 Å². The van der Waals surface area contributed by atoms with E-state index >= 15 is 0 Å². The Morgan fingerprint density at radius 1 is 1.16 bits per heavy atom. The molecule has 0 saturated carbocycles. The second kappa shape index (κ2) is 5.30. The Balaban J connectivity index is 2.13. The predicted octanol–water partition coefficient (Wildman–Crippen LogP) is 1.32. The Morgan fingerprint density at radius 2 is 1.84 bits per heavy atom. The Hall–Kier alpha value is -2.70. The molecule has 19 heavy (non-hydrogen) atoms. The molecule has 0 aliphatic rings. The summed E-state index contributed by atoms with van der Waals surface area (Å²) in [5, 5.41) is 15.3. The van der Waals surface area contributed by atoms with Gasteiger partial charge in [-0.1, -0.05) is 6.07 Å². The maximum atomic E-state index is 11.9. The van der Waals surface area contributed by atoms with Gasteiger partial charge >= 0.3 is 0 Å². The average molecular weight is 259 g/mol. The summed E-state index contributed by atoms with van der Waals surface area (Å²) in [6.07, 6.45) is 0. The molecule has 0 unspecified atom stereocenters. The van der Waals surface area contributed by atoms with E-state index in [1.807, 2.05) is 0 Å². The highest BCUT2D eigenvalue weighted by Crippen LogP contribution is 2.16. The van der Waals surface area contributed by atoms with Crippen molar-refractivity contribution in [1.82, 2.24) is 15.4 Å². The van der Waals surface area contributed by atoms with Crippen LogP contribution in [0.25, 0.3) is 0 Å². The molecular weight excluding hydrogens is 246 g/mol. The second-order valence-corrected chi connectivity index (χ2v) is 3.97. The Bertz CT molecular complexity index is 620. The molecule has 1 aromatic heterocycles. The van der Waals surface area contributed by atoms with Crippen LogP contribution < -0.4 is 10.6 Å². The standard InChI is InChI=1S/C12H13N5O2/c1-7-11(16-17-15-7)12(19)14-10-5-3-4-9(6-10)13-8(2)18/h3-6H,1-2H3,(H,13,18)(H,14,19)(H,15,16,17). The minimum Gasteiger partial charge on any atom is -0.326 e. The molecule has 0 aliphatic heterocycles. The lowest BCUT2D eigenvalue weighted by atomic mass is 10.2. The summed E-state index contributed by atoms with van der Waals surface area (Å²) in [6, 6.07) is 6.85. The number of benzene rings is 1. The largest absolute Gasteiger partial charge is 0.326 e. The number of H-pyrrole nitrogens is 1. The van der Waals surface area contributed by atoms with Gasteiger partial charge < -0.3 is 10.6 Å². The molecule has 98 valence electrons. The third kappa shape index (κ3) is 3.15. The van der Waals surface area contributed by atoms with Crippen molar-refractivity contribution in [2.24, 2.45) is 0 Å². The van der Waals surface area contributed by atoms with E-state index < -0.39 is 0 Å². The van der Waals surface area contributed by atoms with Crippen LogP contribution in [0.3, 0.4) is 0 Å². The third-order valence-electron chi connectivity index (χ3n) is 2.38. The topological polar surface area (TPSA) is 99.8 Å². The van der Waals surface area contributed by atoms with Gasteiger partial charge in [-0.15, -0.1) is 0 Å². The number of carbonyl (C=O) groups is 2. The van der Waals surface area contributed by atoms with Crippen LogP contribution >= 0.6 is 0 Å². The molecule has 7 nitrogen and oxygen atoms in total. The van der Waals surface area contributed by atoms with E-state index in [9.17, 15) is 9.59 Å². The number of hydrogen-bond acceptors (Lipinski definition) is 4. The SMILES string of the molecule is CC(=O)Nc1cccc(NC(=O)c2n[nH]nc2C)c1. The summed E-state index contributed by atoms with van der Waals surface area (Å²) in [7, 11) is 0. The number of carbonyl (C=O) groups excluding carboxylic acids is 2. The average Bonchev–Trinajstić information content (AvgIpc) is 2.75. The highest BCUT2D eigenvalue weighted by molar-refractivity contribution is 6.03. The molecule has 0 spiro atoms. The van der Waals surface area contributed by atoms with Crippen molar-refractivity contribution in [3.8, 4) is 0 Å². The summed E-state index contributed by atoms with van der Waals surface area (Å²) in [5.41, 5.74) is 1.95. The Labute approximate surface area is 109 Å². The summed E-state index contributed by atoms with van der Waals surface area (Å²) in [5.74, 6) is -0.526. The zero-order chi connectivity index (χ0) is 13.8. The van der Waals surface area contributed by atoms with E-state index in [0.717, 1.165) is 0 Å². The maximum Gasteiger partial charge on any atom is 0.278 e. The minimum atomic E-state index is -0.355. The van der Waals surface area contributed by atoms with Gasteiger partial charge in [0.05, 0.1) is 5.69 Å². The number of anilines is 2. The molecular formula is C12H13N5O2. The van der Waals surface area contributed by atoms with Gasteiger partial charge in [0, 0.05) is 18.3 Å². The Morgan fingerprint density at radius 3 is 2.42 bits per heavy atom. The lowest BCUT2D eigenvalue weighted by Crippen LogP contribution is -2.14. The summed E-state index contributed by atoms with van der Waals surface area (Å²) in [4.78, 5) is 22.9. The lowest BCUT2D eigenvalue weighted by Gasteiger charge is -2.06. The quantitative estimate of drug-likeness (QED) is 0.774. The molecule has 3 N–H and O–H groups in total. The number of aromatic amines is 1. The number of aromatic nitrogens is 3. The van der Waals surface area contributed by atoms with Gasteiger partial charge in [-0.05, 0) is 25.1 Å². The van der Waals surface area contributed by atoms with E-state index in [-0.39, 0.29) is 17.5 Å². The molecule has 1 aromatic carbocycles. The fraction of sp³-hybridized carbons (Fsp3) is 0.167. The van der Waals surface area contributed by atoms with Crippen molar-refractivity contribution in [3.05, 3.63) is 35.7 Å². The molecule has 2 rings (SSSR count). The number of hydrogen-bond donors (Lipinski definition) is 3. The molecule has 7 heteroatoms. The van der Waals surface area contributed by atoms with Gasteiger partial charge in [0.25, 0.3) is 5.91 Å². The van der Waals surface area contributed by atoms with E-state index in [1.165, 1.54) is 6.92 Å². The van der Waals surface area contributed by atoms with Crippen LogP contribution in [0.15, 0.2) is 24.3 Å². The van der Waals surface area contributed by atoms with Crippen LogP contribution in [-0.2, 0) is 4.79 Å². The summed E-state index contributed by atoms with van der Waals surface area (Å²) >= 11 is 0. The zero-order valence-electron chi connectivity index (χ0n) is 10.5. The van der Waals surface area contributed by atoms with E-state index in [0.29, 0.717) is 17.1 Å². The highest BCUT2D eigenvalue weighted by atomic mass is 16.2. The van der Waals surface area contributed by atoms with Crippen LogP contribution in [0.2, 0.25) is 0 Å². The second-order valence-electron chi connectivity index (χ2n) is 3.97. The van der Waals surface area contributed by atoms with Gasteiger partial charge in [-0.3, -0.25) is 9.59 Å². The number of nitrogens with zero attached hydrogens (tertiary/aromatic N) is 2. The van der Waals surface area contributed by atoms with Crippen LogP contribution in [0.4, 0.5) is 11.4 Å². The first-order valence-electron chi connectivity index (χ1n) is 5.62. The number of amides is 2. The number of aryl methyl sites for hydroxylation is 1. The van der Waals surface area contributed by atoms with Gasteiger partial charge in [0.1, 0.15) is 0 Å². The molecule has 0 aliphatic carbocycles. The van der Waals surface area contributed by atoms with Crippen LogP contribution in [0.1, 0.15) is 23.1 Å². The first-order chi connectivity index (χ1) is 9.06. The van der Waals surface area contributed by atoms with E-state index in [4.69, 9.17) is 0 Å². The van der Waals surface area contributed by atoms with Gasteiger partial charge in [-0.2, -0.15) is 15.4 Å². The summed E-state index contributed by atoms with van der Waals surface area (Å²) < 4.78 is 0. The summed E-state index contributed by atoms with van der Waals surface area (Å²) in [6.45, 7) is 3.11. The van der Waals surface area contributed by atoms with Gasteiger partial charge in [-0.25, -0.2) is 0 Å². The van der Waals surface area contributed by atoms with Crippen LogP contribution in [0, 0.1) is 6.92 Å². The first kappa shape index (κ1) is 12.7. The maximum absolute atomic E-state index is 11.9. The van der Waals surface area contributed by atoms with E-state index in [1.54, 1.807) is 31.2 Å². The van der Waals surface area contributed by atoms with Crippen LogP contribution in [-0.4, -0.2) is 27.2 Å². The lowest BCUT2D eigenvalue weighted by molar-refractivity contribution is -0.114. The van der Waals surface area contributed by atoms with Gasteiger partial charge in [0.15, 0.2) is 5.69 Å². The molecule has 1 heterocycles. The molecule has 0 radical (unpaired) electrons. The van der Waals surface area contributed by atoms with Crippen molar-refractivity contribution >= 4 is 23.2 Å². The fourth-order valence-electron chi connectivity index (χ4n) is 1.57. The van der Waals surface area contributed by atoms with Crippen molar-refractivity contribution in [3.63, 3.8) is 0 Å². The minimum absolute atomic E-state index is 0.171. The van der Waals surface area contributed by atoms with Crippen molar-refractivity contribution in [1.29, 1.82) is 0 Å². The van der Waals surface area contributed by atoms with Gasteiger partial charge in [0.2, 0.25) is 5.91 Å². The molecule has 0 fully saturated rings. The van der Waals surface area contributed by atoms with Crippen LogP contribution in [0.5, 0.6) is 0 Å². The third-order valence-corrected chi connectivity index (χ3v) is 2.38. The number of nitrogens with one attached hydrogen (secondary N) is 3. The normalized spacial score (nSPS) is 10.0. The van der Waals surface area contributed by atoms with Crippen molar-refractivity contribution < 1.29 is 9.59 Å². The Kier molecular flexibility index (Phi) is 3.56. The molecule has 2 amide bonds. The van der Waals surface area contributed by atoms with Crippen molar-refractivity contribution in [2.75, 3.05) is 10.6 Å². The number of rotatable bonds is 3. The smallest absolute Gasteiger partial charge is 0.278 e.